The first-order valence-corrected chi connectivity index (χ1v) is 7.95. The van der Waals surface area contributed by atoms with Crippen molar-refractivity contribution in [2.45, 2.75) is 24.2 Å². The van der Waals surface area contributed by atoms with Crippen molar-refractivity contribution in [3.05, 3.63) is 24.0 Å². The van der Waals surface area contributed by atoms with E-state index in [9.17, 15) is 13.2 Å². The summed E-state index contributed by atoms with van der Waals surface area (Å²) >= 11 is 0. The molecular weight excluding hydrogens is 294 g/mol. The molecule has 0 amide bonds. The van der Waals surface area contributed by atoms with E-state index in [0.29, 0.717) is 25.9 Å². The maximum Gasteiger partial charge on any atom is 0.303 e. The van der Waals surface area contributed by atoms with Crippen molar-refractivity contribution < 1.29 is 18.3 Å². The van der Waals surface area contributed by atoms with Crippen LogP contribution < -0.4 is 0 Å². The second-order valence-electron chi connectivity index (χ2n) is 4.94. The molecule has 21 heavy (non-hydrogen) atoms. The van der Waals surface area contributed by atoms with Gasteiger partial charge in [0, 0.05) is 25.7 Å². The van der Waals surface area contributed by atoms with Gasteiger partial charge in [-0.3, -0.25) is 4.79 Å². The van der Waals surface area contributed by atoms with Crippen LogP contribution in [0.2, 0.25) is 0 Å². The Morgan fingerprint density at radius 2 is 2.29 bits per heavy atom. The normalized spacial score (nSPS) is 19.3. The Labute approximate surface area is 122 Å². The van der Waals surface area contributed by atoms with Gasteiger partial charge in [0.2, 0.25) is 10.0 Å². The molecular formula is C13H15N3O4S. The van der Waals surface area contributed by atoms with Crippen molar-refractivity contribution in [3.8, 4) is 6.07 Å². The number of sulfonamides is 1. The van der Waals surface area contributed by atoms with Gasteiger partial charge in [-0.15, -0.1) is 0 Å². The number of nitrogens with zero attached hydrogens (tertiary/aromatic N) is 3. The molecule has 1 N–H and O–H groups in total. The van der Waals surface area contributed by atoms with Crippen LogP contribution in [-0.4, -0.2) is 41.9 Å². The topological polar surface area (TPSA) is 111 Å². The van der Waals surface area contributed by atoms with Crippen LogP contribution in [0.15, 0.2) is 23.2 Å². The standard InChI is InChI=1S/C13H15N3O4S/c14-7-11-2-3-12(8-15-11)21(19,20)16-6-5-10(9-16)1-4-13(17)18/h2-3,8,10H,1,4-6,9H2,(H,17,18). The van der Waals surface area contributed by atoms with Gasteiger partial charge in [0.15, 0.2) is 0 Å². The van der Waals surface area contributed by atoms with Gasteiger partial charge in [-0.25, -0.2) is 13.4 Å². The van der Waals surface area contributed by atoms with Crippen molar-refractivity contribution in [2.24, 2.45) is 5.92 Å². The summed E-state index contributed by atoms with van der Waals surface area (Å²) in [5, 5.41) is 17.3. The number of rotatable bonds is 5. The zero-order chi connectivity index (χ0) is 15.5. The third kappa shape index (κ3) is 3.56. The Bertz CT molecular complexity index is 664. The summed E-state index contributed by atoms with van der Waals surface area (Å²) in [5.74, 6) is -0.796. The predicted octanol–water partition coefficient (Wildman–Crippen LogP) is 0.829. The molecule has 1 saturated heterocycles. The minimum atomic E-state index is -3.62. The summed E-state index contributed by atoms with van der Waals surface area (Å²) in [6.45, 7) is 0.711. The van der Waals surface area contributed by atoms with E-state index in [1.165, 1.54) is 22.6 Å². The number of aromatic nitrogens is 1. The molecule has 1 aliphatic rings. The molecule has 7 nitrogen and oxygen atoms in total. The Morgan fingerprint density at radius 1 is 1.52 bits per heavy atom. The van der Waals surface area contributed by atoms with Crippen LogP contribution in [-0.2, 0) is 14.8 Å². The van der Waals surface area contributed by atoms with Crippen LogP contribution in [0, 0.1) is 17.2 Å². The van der Waals surface area contributed by atoms with Crippen LogP contribution in [0.1, 0.15) is 25.0 Å². The molecule has 8 heteroatoms. The molecule has 0 saturated carbocycles. The molecule has 0 aromatic carbocycles. The number of pyridine rings is 1. The third-order valence-corrected chi connectivity index (χ3v) is 5.35. The quantitative estimate of drug-likeness (QED) is 0.862. The number of carboxylic acid groups (broad SMARTS) is 1. The summed E-state index contributed by atoms with van der Waals surface area (Å²) in [4.78, 5) is 14.4. The van der Waals surface area contributed by atoms with E-state index in [0.717, 1.165) is 0 Å². The lowest BCUT2D eigenvalue weighted by Crippen LogP contribution is -2.29. The van der Waals surface area contributed by atoms with Crippen LogP contribution in [0.25, 0.3) is 0 Å². The largest absolute Gasteiger partial charge is 0.481 e. The Morgan fingerprint density at radius 3 is 2.86 bits per heavy atom. The van der Waals surface area contributed by atoms with Crippen molar-refractivity contribution in [1.29, 1.82) is 5.26 Å². The highest BCUT2D eigenvalue weighted by Gasteiger charge is 2.32. The summed E-state index contributed by atoms with van der Waals surface area (Å²) in [6, 6.07) is 4.57. The van der Waals surface area contributed by atoms with E-state index in [-0.39, 0.29) is 22.9 Å². The minimum absolute atomic E-state index is 0.0526. The number of aliphatic carboxylic acids is 1. The van der Waals surface area contributed by atoms with E-state index >= 15 is 0 Å². The van der Waals surface area contributed by atoms with Crippen LogP contribution >= 0.6 is 0 Å². The Hall–Kier alpha value is -1.98. The summed E-state index contributed by atoms with van der Waals surface area (Å²) < 4.78 is 26.2. The second-order valence-corrected chi connectivity index (χ2v) is 6.88. The molecule has 2 rings (SSSR count). The number of hydrogen-bond acceptors (Lipinski definition) is 5. The van der Waals surface area contributed by atoms with Crippen molar-refractivity contribution in [3.63, 3.8) is 0 Å². The number of carboxylic acids is 1. The van der Waals surface area contributed by atoms with Crippen LogP contribution in [0.5, 0.6) is 0 Å². The summed E-state index contributed by atoms with van der Waals surface area (Å²) in [5.41, 5.74) is 0.162. The van der Waals surface area contributed by atoms with Crippen LogP contribution in [0.3, 0.4) is 0 Å². The zero-order valence-corrected chi connectivity index (χ0v) is 12.1. The number of carbonyl (C=O) groups is 1. The third-order valence-electron chi connectivity index (χ3n) is 3.50. The van der Waals surface area contributed by atoms with Gasteiger partial charge in [-0.2, -0.15) is 9.57 Å². The van der Waals surface area contributed by atoms with Crippen molar-refractivity contribution in [2.75, 3.05) is 13.1 Å². The van der Waals surface area contributed by atoms with Gasteiger partial charge < -0.3 is 5.11 Å². The molecule has 0 bridgehead atoms. The SMILES string of the molecule is N#Cc1ccc(S(=O)(=O)N2CCC(CCC(=O)O)C2)cn1. The summed E-state index contributed by atoms with van der Waals surface area (Å²) in [6.07, 6.45) is 2.37. The fraction of sp³-hybridized carbons (Fsp3) is 0.462. The molecule has 1 aromatic rings. The van der Waals surface area contributed by atoms with Crippen LogP contribution in [0.4, 0.5) is 0 Å². The predicted molar refractivity (Wildman–Crippen MR) is 72.7 cm³/mol. The molecule has 2 heterocycles. The monoisotopic (exact) mass is 309 g/mol. The van der Waals surface area contributed by atoms with E-state index in [1.54, 1.807) is 0 Å². The maximum absolute atomic E-state index is 12.4. The van der Waals surface area contributed by atoms with E-state index in [1.807, 2.05) is 6.07 Å². The average molecular weight is 309 g/mol. The molecule has 1 atom stereocenters. The van der Waals surface area contributed by atoms with Gasteiger partial charge in [-0.1, -0.05) is 0 Å². The molecule has 1 aromatic heterocycles. The zero-order valence-electron chi connectivity index (χ0n) is 11.3. The average Bonchev–Trinajstić information content (AvgIpc) is 2.95. The Balaban J connectivity index is 2.07. The maximum atomic E-state index is 12.4. The van der Waals surface area contributed by atoms with Gasteiger partial charge >= 0.3 is 5.97 Å². The lowest BCUT2D eigenvalue weighted by molar-refractivity contribution is -0.137. The molecule has 112 valence electrons. The highest BCUT2D eigenvalue weighted by Crippen LogP contribution is 2.26. The lowest BCUT2D eigenvalue weighted by atomic mass is 10.0. The molecule has 1 aliphatic heterocycles. The van der Waals surface area contributed by atoms with Gasteiger partial charge in [0.25, 0.3) is 0 Å². The van der Waals surface area contributed by atoms with Crippen molar-refractivity contribution in [1.82, 2.24) is 9.29 Å². The molecule has 0 aliphatic carbocycles. The molecule has 1 fully saturated rings. The first-order valence-electron chi connectivity index (χ1n) is 6.51. The first-order chi connectivity index (χ1) is 9.93. The van der Waals surface area contributed by atoms with E-state index in [4.69, 9.17) is 10.4 Å². The van der Waals surface area contributed by atoms with E-state index < -0.39 is 16.0 Å². The number of hydrogen-bond donors (Lipinski definition) is 1. The highest BCUT2D eigenvalue weighted by atomic mass is 32.2. The van der Waals surface area contributed by atoms with E-state index in [2.05, 4.69) is 4.98 Å². The number of nitriles is 1. The first kappa shape index (κ1) is 15.4. The van der Waals surface area contributed by atoms with Gasteiger partial charge in [0.1, 0.15) is 16.7 Å². The van der Waals surface area contributed by atoms with Gasteiger partial charge in [0.05, 0.1) is 0 Å². The molecule has 0 radical (unpaired) electrons. The van der Waals surface area contributed by atoms with Gasteiger partial charge in [-0.05, 0) is 30.9 Å². The smallest absolute Gasteiger partial charge is 0.303 e. The molecule has 0 spiro atoms. The minimum Gasteiger partial charge on any atom is -0.481 e. The molecule has 1 unspecified atom stereocenters. The van der Waals surface area contributed by atoms with Crippen molar-refractivity contribution >= 4 is 16.0 Å². The second kappa shape index (κ2) is 6.20. The lowest BCUT2D eigenvalue weighted by Gasteiger charge is -2.16. The highest BCUT2D eigenvalue weighted by molar-refractivity contribution is 7.89. The summed E-state index contributed by atoms with van der Waals surface area (Å²) in [7, 11) is -3.62. The fourth-order valence-electron chi connectivity index (χ4n) is 2.33. The fourth-order valence-corrected chi connectivity index (χ4v) is 3.80. The Kier molecular flexibility index (Phi) is 4.55.